The number of hydrogen-bond donors (Lipinski definition) is 0. The topological polar surface area (TPSA) is 37.4 Å². The highest BCUT2D eigenvalue weighted by Crippen LogP contribution is 2.30. The SMILES string of the molecule is O=C1Cc2ccccc2N1C(=O)c1cccc(Br)c1. The summed E-state index contributed by atoms with van der Waals surface area (Å²) in [4.78, 5) is 25.7. The average Bonchev–Trinajstić information content (AvgIpc) is 2.74. The Labute approximate surface area is 119 Å². The van der Waals surface area contributed by atoms with Crippen molar-refractivity contribution < 1.29 is 9.59 Å². The highest BCUT2D eigenvalue weighted by molar-refractivity contribution is 9.10. The molecule has 0 N–H and O–H groups in total. The Bertz CT molecular complexity index is 681. The van der Waals surface area contributed by atoms with Crippen LogP contribution in [0.1, 0.15) is 15.9 Å². The molecule has 0 aliphatic carbocycles. The van der Waals surface area contributed by atoms with Crippen molar-refractivity contribution in [2.24, 2.45) is 0 Å². The molecule has 1 aliphatic heterocycles. The fraction of sp³-hybridized carbons (Fsp3) is 0.0667. The molecule has 4 heteroatoms. The minimum absolute atomic E-state index is 0.175. The molecule has 0 spiro atoms. The number of halogens is 1. The number of benzene rings is 2. The molecule has 0 saturated carbocycles. The summed E-state index contributed by atoms with van der Waals surface area (Å²) in [5.41, 5.74) is 2.09. The third-order valence-corrected chi connectivity index (χ3v) is 3.59. The Morgan fingerprint density at radius 2 is 1.89 bits per heavy atom. The molecule has 0 fully saturated rings. The number of imide groups is 1. The van der Waals surface area contributed by atoms with Crippen LogP contribution in [0.5, 0.6) is 0 Å². The van der Waals surface area contributed by atoms with Crippen molar-refractivity contribution in [2.45, 2.75) is 6.42 Å². The van der Waals surface area contributed by atoms with Crippen molar-refractivity contribution in [3.05, 3.63) is 64.1 Å². The van der Waals surface area contributed by atoms with Gasteiger partial charge >= 0.3 is 0 Å². The minimum Gasteiger partial charge on any atom is -0.274 e. The molecular weight excluding hydrogens is 306 g/mol. The molecule has 0 bridgehead atoms. The highest BCUT2D eigenvalue weighted by atomic mass is 79.9. The van der Waals surface area contributed by atoms with Crippen molar-refractivity contribution in [1.29, 1.82) is 0 Å². The van der Waals surface area contributed by atoms with Crippen molar-refractivity contribution >= 4 is 33.4 Å². The summed E-state index contributed by atoms with van der Waals surface area (Å²) in [7, 11) is 0. The second kappa shape index (κ2) is 4.63. The molecule has 1 heterocycles. The summed E-state index contributed by atoms with van der Waals surface area (Å²) in [6.07, 6.45) is 0.288. The normalized spacial score (nSPS) is 13.5. The monoisotopic (exact) mass is 315 g/mol. The lowest BCUT2D eigenvalue weighted by Gasteiger charge is -2.15. The molecule has 2 amide bonds. The molecule has 0 aromatic heterocycles. The molecule has 2 aromatic rings. The number of amides is 2. The molecule has 0 atom stereocenters. The summed E-state index contributed by atoms with van der Waals surface area (Å²) in [5.74, 6) is -0.456. The molecule has 0 unspecified atom stereocenters. The first-order valence-electron chi connectivity index (χ1n) is 5.87. The predicted molar refractivity (Wildman–Crippen MR) is 76.1 cm³/mol. The van der Waals surface area contributed by atoms with E-state index in [1.165, 1.54) is 4.90 Å². The van der Waals surface area contributed by atoms with Crippen molar-refractivity contribution in [3.8, 4) is 0 Å². The van der Waals surface area contributed by atoms with E-state index in [0.29, 0.717) is 11.3 Å². The number of rotatable bonds is 1. The van der Waals surface area contributed by atoms with Crippen LogP contribution in [0, 0.1) is 0 Å². The summed E-state index contributed by atoms with van der Waals surface area (Å²) in [6, 6.07) is 14.4. The van der Waals surface area contributed by atoms with E-state index in [1.54, 1.807) is 24.3 Å². The summed E-state index contributed by atoms with van der Waals surface area (Å²) in [6.45, 7) is 0. The van der Waals surface area contributed by atoms with Crippen LogP contribution in [-0.4, -0.2) is 11.8 Å². The van der Waals surface area contributed by atoms with Gasteiger partial charge < -0.3 is 0 Å². The van der Waals surface area contributed by atoms with Gasteiger partial charge in [0.15, 0.2) is 0 Å². The van der Waals surface area contributed by atoms with E-state index < -0.39 is 0 Å². The van der Waals surface area contributed by atoms with Gasteiger partial charge in [-0.3, -0.25) is 9.59 Å². The second-order valence-electron chi connectivity index (χ2n) is 4.35. The van der Waals surface area contributed by atoms with Gasteiger partial charge in [0.2, 0.25) is 5.91 Å². The Morgan fingerprint density at radius 1 is 1.11 bits per heavy atom. The van der Waals surface area contributed by atoms with Crippen molar-refractivity contribution in [2.75, 3.05) is 4.90 Å². The minimum atomic E-state index is -0.281. The van der Waals surface area contributed by atoms with Gasteiger partial charge in [0.05, 0.1) is 12.1 Å². The molecule has 19 heavy (non-hydrogen) atoms. The van der Waals surface area contributed by atoms with Crippen LogP contribution < -0.4 is 4.90 Å². The van der Waals surface area contributed by atoms with Gasteiger partial charge in [-0.15, -0.1) is 0 Å². The van der Waals surface area contributed by atoms with E-state index in [1.807, 2.05) is 24.3 Å². The van der Waals surface area contributed by atoms with Crippen molar-refractivity contribution in [3.63, 3.8) is 0 Å². The molecule has 3 nitrogen and oxygen atoms in total. The van der Waals surface area contributed by atoms with Crippen LogP contribution in [0.2, 0.25) is 0 Å². The smallest absolute Gasteiger partial charge is 0.265 e. The quantitative estimate of drug-likeness (QED) is 0.758. The van der Waals surface area contributed by atoms with E-state index in [9.17, 15) is 9.59 Å². The van der Waals surface area contributed by atoms with Crippen LogP contribution in [0.25, 0.3) is 0 Å². The molecule has 0 saturated heterocycles. The number of carbonyl (C=O) groups excluding carboxylic acids is 2. The maximum Gasteiger partial charge on any atom is 0.265 e. The standard InChI is InChI=1S/C15H10BrNO2/c16-12-6-3-5-11(8-12)15(19)17-13-7-2-1-4-10(13)9-14(17)18/h1-8H,9H2. The summed E-state index contributed by atoms with van der Waals surface area (Å²) < 4.78 is 0.818. The zero-order valence-electron chi connectivity index (χ0n) is 9.97. The Hall–Kier alpha value is -1.94. The van der Waals surface area contributed by atoms with Crippen LogP contribution in [-0.2, 0) is 11.2 Å². The van der Waals surface area contributed by atoms with Gasteiger partial charge in [0, 0.05) is 10.0 Å². The molecule has 94 valence electrons. The van der Waals surface area contributed by atoms with Gasteiger partial charge in [-0.1, -0.05) is 40.2 Å². The molecule has 3 rings (SSSR count). The Kier molecular flexibility index (Phi) is 2.95. The van der Waals surface area contributed by atoms with E-state index >= 15 is 0 Å². The number of nitrogens with zero attached hydrogens (tertiary/aromatic N) is 1. The number of fused-ring (bicyclic) bond motifs is 1. The van der Waals surface area contributed by atoms with Crippen LogP contribution in [0.15, 0.2) is 53.0 Å². The maximum atomic E-state index is 12.5. The number of hydrogen-bond acceptors (Lipinski definition) is 2. The Morgan fingerprint density at radius 3 is 2.68 bits per heavy atom. The van der Waals surface area contributed by atoms with E-state index in [2.05, 4.69) is 15.9 Å². The highest BCUT2D eigenvalue weighted by Gasteiger charge is 2.32. The van der Waals surface area contributed by atoms with Gasteiger partial charge in [-0.25, -0.2) is 4.90 Å². The fourth-order valence-corrected chi connectivity index (χ4v) is 2.63. The largest absolute Gasteiger partial charge is 0.274 e. The van der Waals surface area contributed by atoms with E-state index in [4.69, 9.17) is 0 Å². The van der Waals surface area contributed by atoms with Gasteiger partial charge in [-0.2, -0.15) is 0 Å². The van der Waals surface area contributed by atoms with E-state index in [0.717, 1.165) is 10.0 Å². The fourth-order valence-electron chi connectivity index (χ4n) is 2.23. The molecule has 2 aromatic carbocycles. The zero-order chi connectivity index (χ0) is 13.4. The summed E-state index contributed by atoms with van der Waals surface area (Å²) in [5, 5.41) is 0. The second-order valence-corrected chi connectivity index (χ2v) is 5.27. The first-order chi connectivity index (χ1) is 9.16. The maximum absolute atomic E-state index is 12.5. The van der Waals surface area contributed by atoms with Gasteiger partial charge in [0.25, 0.3) is 5.91 Å². The third-order valence-electron chi connectivity index (χ3n) is 3.10. The lowest BCUT2D eigenvalue weighted by atomic mass is 10.1. The van der Waals surface area contributed by atoms with Crippen molar-refractivity contribution in [1.82, 2.24) is 0 Å². The predicted octanol–water partition coefficient (Wildman–Crippen LogP) is 3.18. The first kappa shape index (κ1) is 12.1. The van der Waals surface area contributed by atoms with E-state index in [-0.39, 0.29) is 18.2 Å². The molecule has 1 aliphatic rings. The number of anilines is 1. The average molecular weight is 316 g/mol. The molecule has 0 radical (unpaired) electrons. The lowest BCUT2D eigenvalue weighted by molar-refractivity contribution is -0.116. The number of carbonyl (C=O) groups is 2. The van der Waals surface area contributed by atoms with Crippen LogP contribution in [0.4, 0.5) is 5.69 Å². The van der Waals surface area contributed by atoms with Gasteiger partial charge in [0.1, 0.15) is 0 Å². The van der Waals surface area contributed by atoms with Crippen LogP contribution in [0.3, 0.4) is 0 Å². The Balaban J connectivity index is 2.03. The first-order valence-corrected chi connectivity index (χ1v) is 6.67. The zero-order valence-corrected chi connectivity index (χ0v) is 11.6. The summed E-state index contributed by atoms with van der Waals surface area (Å²) >= 11 is 3.33. The third kappa shape index (κ3) is 2.08. The number of para-hydroxylation sites is 1. The molecular formula is C15H10BrNO2. The van der Waals surface area contributed by atoms with Crippen LogP contribution >= 0.6 is 15.9 Å². The lowest BCUT2D eigenvalue weighted by Crippen LogP contribution is -2.33. The van der Waals surface area contributed by atoms with Gasteiger partial charge in [-0.05, 0) is 29.8 Å².